The van der Waals surface area contributed by atoms with Gasteiger partial charge in [0.2, 0.25) is 10.0 Å². The van der Waals surface area contributed by atoms with Gasteiger partial charge in [-0.15, -0.1) is 0 Å². The Balaban J connectivity index is 1.92. The molecule has 178 valence electrons. The summed E-state index contributed by atoms with van der Waals surface area (Å²) in [5, 5.41) is 2.81. The van der Waals surface area contributed by atoms with Crippen LogP contribution in [0.1, 0.15) is 29.8 Å². The van der Waals surface area contributed by atoms with Crippen molar-refractivity contribution in [2.24, 2.45) is 0 Å². The van der Waals surface area contributed by atoms with Crippen molar-refractivity contribution in [1.82, 2.24) is 13.8 Å². The third-order valence-electron chi connectivity index (χ3n) is 5.49. The van der Waals surface area contributed by atoms with Crippen molar-refractivity contribution in [3.05, 3.63) is 58.1 Å². The standard InChI is InChI=1S/C23H30N4O5S/c1-6-26(7-2)33(30,31)18-10-8-16(3)19(15-18)22(28)24-17-9-11-21-20(14-17)27(23(29)32-21)13-12-25(4)5/h8-11,14-15H,6-7,12-13H2,1-5H3,(H,24,28). The van der Waals surface area contributed by atoms with Crippen LogP contribution in [-0.4, -0.2) is 61.8 Å². The molecule has 0 fully saturated rings. The Morgan fingerprint density at radius 1 is 1.09 bits per heavy atom. The van der Waals surface area contributed by atoms with Crippen LogP contribution in [0, 0.1) is 6.92 Å². The number of hydrogen-bond donors (Lipinski definition) is 1. The number of aryl methyl sites for hydroxylation is 1. The third-order valence-corrected chi connectivity index (χ3v) is 7.54. The molecule has 0 aliphatic heterocycles. The number of amides is 1. The Morgan fingerprint density at radius 3 is 2.42 bits per heavy atom. The first kappa shape index (κ1) is 24.7. The lowest BCUT2D eigenvalue weighted by atomic mass is 10.1. The van der Waals surface area contributed by atoms with Gasteiger partial charge in [0.05, 0.1) is 10.4 Å². The minimum absolute atomic E-state index is 0.0739. The molecular formula is C23H30N4O5S. The normalized spacial score (nSPS) is 12.1. The lowest BCUT2D eigenvalue weighted by Crippen LogP contribution is -2.30. The fraction of sp³-hybridized carbons (Fsp3) is 0.391. The maximum absolute atomic E-state index is 13.0. The number of fused-ring (bicyclic) bond motifs is 1. The van der Waals surface area contributed by atoms with Gasteiger partial charge < -0.3 is 14.6 Å². The molecule has 0 saturated carbocycles. The number of hydrogen-bond acceptors (Lipinski definition) is 6. The second-order valence-corrected chi connectivity index (χ2v) is 9.96. The molecule has 1 aromatic heterocycles. The van der Waals surface area contributed by atoms with Crippen LogP contribution >= 0.6 is 0 Å². The van der Waals surface area contributed by atoms with Crippen molar-refractivity contribution in [2.75, 3.05) is 39.0 Å². The Kier molecular flexibility index (Phi) is 7.41. The van der Waals surface area contributed by atoms with E-state index in [1.54, 1.807) is 45.0 Å². The molecule has 0 saturated heterocycles. The fourth-order valence-corrected chi connectivity index (χ4v) is 5.05. The zero-order chi connectivity index (χ0) is 24.3. The van der Waals surface area contributed by atoms with E-state index in [1.807, 2.05) is 19.0 Å². The molecule has 0 unspecified atom stereocenters. The van der Waals surface area contributed by atoms with Gasteiger partial charge in [-0.05, 0) is 56.9 Å². The molecule has 3 aromatic rings. The average molecular weight is 475 g/mol. The zero-order valence-corrected chi connectivity index (χ0v) is 20.4. The fourth-order valence-electron chi connectivity index (χ4n) is 3.57. The molecule has 0 aliphatic carbocycles. The first-order valence-electron chi connectivity index (χ1n) is 10.8. The topological polar surface area (TPSA) is 105 Å². The summed E-state index contributed by atoms with van der Waals surface area (Å²) in [6, 6.07) is 9.50. The van der Waals surface area contributed by atoms with Crippen molar-refractivity contribution >= 4 is 32.7 Å². The van der Waals surface area contributed by atoms with Gasteiger partial charge in [0, 0.05) is 37.4 Å². The summed E-state index contributed by atoms with van der Waals surface area (Å²) in [5.74, 6) is -0.894. The van der Waals surface area contributed by atoms with E-state index in [2.05, 4.69) is 5.32 Å². The monoisotopic (exact) mass is 474 g/mol. The molecular weight excluding hydrogens is 444 g/mol. The molecule has 10 heteroatoms. The minimum atomic E-state index is -3.69. The largest absolute Gasteiger partial charge is 0.419 e. The van der Waals surface area contributed by atoms with E-state index in [-0.39, 0.29) is 10.5 Å². The molecule has 0 bridgehead atoms. The number of aromatic nitrogens is 1. The number of oxazole rings is 1. The maximum Gasteiger partial charge on any atom is 0.419 e. The first-order valence-corrected chi connectivity index (χ1v) is 12.2. The first-order chi connectivity index (χ1) is 15.6. The molecule has 1 amide bonds. The van der Waals surface area contributed by atoms with Crippen molar-refractivity contribution in [3.63, 3.8) is 0 Å². The summed E-state index contributed by atoms with van der Waals surface area (Å²) in [4.78, 5) is 27.3. The van der Waals surface area contributed by atoms with Gasteiger partial charge in [-0.25, -0.2) is 13.2 Å². The van der Waals surface area contributed by atoms with E-state index < -0.39 is 21.7 Å². The SMILES string of the molecule is CCN(CC)S(=O)(=O)c1ccc(C)c(C(=O)Nc2ccc3oc(=O)n(CCN(C)C)c3c2)c1. The smallest absolute Gasteiger partial charge is 0.408 e. The highest BCUT2D eigenvalue weighted by Gasteiger charge is 2.23. The summed E-state index contributed by atoms with van der Waals surface area (Å²) in [7, 11) is 0.132. The van der Waals surface area contributed by atoms with Gasteiger partial charge in [0.25, 0.3) is 5.91 Å². The summed E-state index contributed by atoms with van der Waals surface area (Å²) >= 11 is 0. The molecule has 1 heterocycles. The highest BCUT2D eigenvalue weighted by Crippen LogP contribution is 2.22. The van der Waals surface area contributed by atoms with Crippen LogP contribution in [0.2, 0.25) is 0 Å². The van der Waals surface area contributed by atoms with Gasteiger partial charge in [-0.3, -0.25) is 9.36 Å². The number of nitrogens with one attached hydrogen (secondary N) is 1. The molecule has 2 aromatic carbocycles. The van der Waals surface area contributed by atoms with E-state index in [4.69, 9.17) is 4.42 Å². The minimum Gasteiger partial charge on any atom is -0.408 e. The van der Waals surface area contributed by atoms with Crippen molar-refractivity contribution in [3.8, 4) is 0 Å². The third kappa shape index (κ3) is 5.18. The Morgan fingerprint density at radius 2 is 1.79 bits per heavy atom. The number of likely N-dealkylation sites (N-methyl/N-ethyl adjacent to an activating group) is 1. The van der Waals surface area contributed by atoms with Crippen LogP contribution in [0.15, 0.2) is 50.5 Å². The molecule has 33 heavy (non-hydrogen) atoms. The lowest BCUT2D eigenvalue weighted by molar-refractivity contribution is 0.102. The second kappa shape index (κ2) is 9.90. The molecule has 0 spiro atoms. The molecule has 0 aliphatic rings. The number of carbonyl (C=O) groups excluding carboxylic acids is 1. The van der Waals surface area contributed by atoms with Gasteiger partial charge in [-0.2, -0.15) is 4.31 Å². The quantitative estimate of drug-likeness (QED) is 0.511. The van der Waals surface area contributed by atoms with Crippen LogP contribution in [0.4, 0.5) is 5.69 Å². The second-order valence-electron chi connectivity index (χ2n) is 8.03. The number of benzene rings is 2. The highest BCUT2D eigenvalue weighted by atomic mass is 32.2. The van der Waals surface area contributed by atoms with Crippen LogP contribution in [0.5, 0.6) is 0 Å². The highest BCUT2D eigenvalue weighted by molar-refractivity contribution is 7.89. The molecule has 3 rings (SSSR count). The number of sulfonamides is 1. The van der Waals surface area contributed by atoms with E-state index in [9.17, 15) is 18.0 Å². The summed E-state index contributed by atoms with van der Waals surface area (Å²) in [6.07, 6.45) is 0. The lowest BCUT2D eigenvalue weighted by Gasteiger charge is -2.19. The van der Waals surface area contributed by atoms with Crippen molar-refractivity contribution in [2.45, 2.75) is 32.2 Å². The van der Waals surface area contributed by atoms with Crippen LogP contribution < -0.4 is 11.1 Å². The number of anilines is 1. The Bertz CT molecular complexity index is 1320. The van der Waals surface area contributed by atoms with E-state index in [0.717, 1.165) is 0 Å². The summed E-state index contributed by atoms with van der Waals surface area (Å²) < 4.78 is 33.9. The van der Waals surface area contributed by atoms with E-state index >= 15 is 0 Å². The predicted octanol–water partition coefficient (Wildman–Crippen LogP) is 2.75. The van der Waals surface area contributed by atoms with Crippen molar-refractivity contribution in [1.29, 1.82) is 0 Å². The van der Waals surface area contributed by atoms with E-state index in [0.29, 0.717) is 48.5 Å². The summed E-state index contributed by atoms with van der Waals surface area (Å²) in [6.45, 7) is 7.07. The van der Waals surface area contributed by atoms with E-state index in [1.165, 1.54) is 21.0 Å². The number of nitrogens with zero attached hydrogens (tertiary/aromatic N) is 3. The molecule has 0 atom stereocenters. The van der Waals surface area contributed by atoms with Crippen LogP contribution in [-0.2, 0) is 16.6 Å². The number of rotatable bonds is 9. The average Bonchev–Trinajstić information content (AvgIpc) is 3.07. The Hall–Kier alpha value is -2.95. The van der Waals surface area contributed by atoms with Gasteiger partial charge in [0.1, 0.15) is 0 Å². The predicted molar refractivity (Wildman–Crippen MR) is 128 cm³/mol. The van der Waals surface area contributed by atoms with Crippen LogP contribution in [0.3, 0.4) is 0 Å². The van der Waals surface area contributed by atoms with Crippen molar-refractivity contribution < 1.29 is 17.6 Å². The Labute approximate surface area is 193 Å². The molecule has 1 N–H and O–H groups in total. The van der Waals surface area contributed by atoms with Gasteiger partial charge in [0.15, 0.2) is 5.58 Å². The maximum atomic E-state index is 13.0. The molecule has 9 nitrogen and oxygen atoms in total. The van der Waals surface area contributed by atoms with Crippen LogP contribution in [0.25, 0.3) is 11.1 Å². The molecule has 0 radical (unpaired) electrons. The van der Waals surface area contributed by atoms with Gasteiger partial charge >= 0.3 is 5.76 Å². The zero-order valence-electron chi connectivity index (χ0n) is 19.6. The number of carbonyl (C=O) groups is 1. The summed E-state index contributed by atoms with van der Waals surface area (Å²) in [5.41, 5.74) is 2.40. The van der Waals surface area contributed by atoms with Gasteiger partial charge in [-0.1, -0.05) is 19.9 Å².